The number of anilines is 2. The fourth-order valence-electron chi connectivity index (χ4n) is 2.86. The Morgan fingerprint density at radius 2 is 1.91 bits per heavy atom. The highest BCUT2D eigenvalue weighted by atomic mass is 32.2. The number of sulfonamides is 1. The smallest absolute Gasteiger partial charge is 0.261 e. The molecule has 2 aromatic carbocycles. The molecular weight excluding hydrogens is 296 g/mol. The van der Waals surface area contributed by atoms with Crippen LogP contribution in [0.25, 0.3) is 5.57 Å². The molecule has 3 rings (SSSR count). The molecule has 0 bridgehead atoms. The lowest BCUT2D eigenvalue weighted by Crippen LogP contribution is -2.14. The number of nitrogens with two attached hydrogens (primary N) is 1. The van der Waals surface area contributed by atoms with Crippen LogP contribution >= 0.6 is 0 Å². The first-order chi connectivity index (χ1) is 10.4. The summed E-state index contributed by atoms with van der Waals surface area (Å²) in [4.78, 5) is 0.171. The van der Waals surface area contributed by atoms with Crippen LogP contribution in [0.1, 0.15) is 23.6 Å². The van der Waals surface area contributed by atoms with Gasteiger partial charge in [0.15, 0.2) is 0 Å². The Bertz CT molecular complexity index is 884. The van der Waals surface area contributed by atoms with E-state index in [0.717, 1.165) is 23.1 Å². The van der Waals surface area contributed by atoms with Crippen molar-refractivity contribution in [3.63, 3.8) is 0 Å². The van der Waals surface area contributed by atoms with Crippen LogP contribution in [0.2, 0.25) is 0 Å². The highest BCUT2D eigenvalue weighted by molar-refractivity contribution is 7.92. The summed E-state index contributed by atoms with van der Waals surface area (Å²) in [5, 5.41) is 0. The molecule has 0 aromatic heterocycles. The van der Waals surface area contributed by atoms with Gasteiger partial charge in [-0.05, 0) is 66.8 Å². The highest BCUT2D eigenvalue weighted by Gasteiger charge is 2.21. The van der Waals surface area contributed by atoms with Crippen LogP contribution in [0.5, 0.6) is 0 Å². The second kappa shape index (κ2) is 5.18. The Balaban J connectivity index is 2.02. The summed E-state index contributed by atoms with van der Waals surface area (Å²) in [6.07, 6.45) is 2.87. The van der Waals surface area contributed by atoms with Crippen LogP contribution < -0.4 is 10.5 Å². The van der Waals surface area contributed by atoms with Crippen molar-refractivity contribution < 1.29 is 8.42 Å². The lowest BCUT2D eigenvalue weighted by Gasteiger charge is -2.15. The number of nitrogens with one attached hydrogen (secondary N) is 1. The maximum atomic E-state index is 12.5. The first kappa shape index (κ1) is 14.7. The van der Waals surface area contributed by atoms with Crippen molar-refractivity contribution >= 4 is 27.0 Å². The Kier molecular flexibility index (Phi) is 3.45. The standard InChI is InChI=1S/C17H18N2O2S/c1-11-6-8-15-16(9-7-12(2)17(11)15)19-22(20,21)14-5-3-4-13(18)10-14/h3-7,9-10,19H,8,18H2,1-2H3. The zero-order chi connectivity index (χ0) is 15.9. The van der Waals surface area contributed by atoms with Crippen LogP contribution in [-0.2, 0) is 16.4 Å². The van der Waals surface area contributed by atoms with Crippen molar-refractivity contribution in [2.24, 2.45) is 0 Å². The van der Waals surface area contributed by atoms with Gasteiger partial charge in [-0.25, -0.2) is 8.42 Å². The second-order valence-electron chi connectivity index (χ2n) is 5.55. The molecule has 0 aliphatic heterocycles. The van der Waals surface area contributed by atoms with Crippen LogP contribution in [0.15, 0.2) is 47.4 Å². The summed E-state index contributed by atoms with van der Waals surface area (Å²) in [5.41, 5.74) is 11.3. The summed E-state index contributed by atoms with van der Waals surface area (Å²) in [7, 11) is -3.64. The number of nitrogen functional groups attached to an aromatic ring is 1. The molecule has 0 radical (unpaired) electrons. The first-order valence-electron chi connectivity index (χ1n) is 7.06. The van der Waals surface area contributed by atoms with E-state index >= 15 is 0 Å². The van der Waals surface area contributed by atoms with Gasteiger partial charge in [0.25, 0.3) is 10.0 Å². The molecule has 3 N–H and O–H groups in total. The molecule has 0 unspecified atom stereocenters. The highest BCUT2D eigenvalue weighted by Crippen LogP contribution is 2.35. The third-order valence-electron chi connectivity index (χ3n) is 3.94. The van der Waals surface area contributed by atoms with Gasteiger partial charge in [-0.1, -0.05) is 18.2 Å². The molecule has 0 atom stereocenters. The monoisotopic (exact) mass is 314 g/mol. The predicted octanol–water partition coefficient (Wildman–Crippen LogP) is 3.34. The minimum atomic E-state index is -3.64. The average Bonchev–Trinajstić information content (AvgIpc) is 2.85. The Morgan fingerprint density at radius 3 is 2.64 bits per heavy atom. The van der Waals surface area contributed by atoms with Gasteiger partial charge in [-0.2, -0.15) is 0 Å². The van der Waals surface area contributed by atoms with E-state index in [1.54, 1.807) is 12.1 Å². The molecule has 1 aliphatic carbocycles. The third kappa shape index (κ3) is 2.48. The molecule has 22 heavy (non-hydrogen) atoms. The molecular formula is C17H18N2O2S. The summed E-state index contributed by atoms with van der Waals surface area (Å²) in [5.74, 6) is 0. The van der Waals surface area contributed by atoms with E-state index in [0.29, 0.717) is 11.4 Å². The molecule has 0 amide bonds. The number of hydrogen-bond donors (Lipinski definition) is 2. The molecule has 2 aromatic rings. The lowest BCUT2D eigenvalue weighted by atomic mass is 9.99. The van der Waals surface area contributed by atoms with Crippen molar-refractivity contribution in [3.05, 3.63) is 59.2 Å². The minimum absolute atomic E-state index is 0.171. The third-order valence-corrected chi connectivity index (χ3v) is 5.30. The van der Waals surface area contributed by atoms with E-state index < -0.39 is 10.0 Å². The maximum absolute atomic E-state index is 12.5. The van der Waals surface area contributed by atoms with E-state index in [4.69, 9.17) is 5.73 Å². The van der Waals surface area contributed by atoms with Gasteiger partial charge in [0.1, 0.15) is 0 Å². The molecule has 0 saturated heterocycles. The van der Waals surface area contributed by atoms with Crippen LogP contribution in [0.4, 0.5) is 11.4 Å². The number of aryl methyl sites for hydroxylation is 1. The topological polar surface area (TPSA) is 72.2 Å². The van der Waals surface area contributed by atoms with Crippen LogP contribution in [0, 0.1) is 6.92 Å². The largest absolute Gasteiger partial charge is 0.399 e. The van der Waals surface area contributed by atoms with E-state index in [2.05, 4.69) is 17.7 Å². The van der Waals surface area contributed by atoms with Gasteiger partial charge >= 0.3 is 0 Å². The second-order valence-corrected chi connectivity index (χ2v) is 7.24. The van der Waals surface area contributed by atoms with Crippen LogP contribution in [-0.4, -0.2) is 8.42 Å². The van der Waals surface area contributed by atoms with Crippen LogP contribution in [0.3, 0.4) is 0 Å². The molecule has 1 aliphatic rings. The van der Waals surface area contributed by atoms with Gasteiger partial charge < -0.3 is 5.73 Å². The molecule has 0 saturated carbocycles. The minimum Gasteiger partial charge on any atom is -0.399 e. The van der Waals surface area contributed by atoms with Gasteiger partial charge in [0.2, 0.25) is 0 Å². The Hall–Kier alpha value is -2.27. The number of hydrogen-bond acceptors (Lipinski definition) is 3. The van der Waals surface area contributed by atoms with Crippen molar-refractivity contribution in [1.29, 1.82) is 0 Å². The molecule has 5 heteroatoms. The van der Waals surface area contributed by atoms with Gasteiger partial charge in [-0.3, -0.25) is 4.72 Å². The zero-order valence-electron chi connectivity index (χ0n) is 12.6. The summed E-state index contributed by atoms with van der Waals surface area (Å²) < 4.78 is 27.8. The van der Waals surface area contributed by atoms with E-state index in [-0.39, 0.29) is 4.90 Å². The van der Waals surface area contributed by atoms with E-state index in [1.807, 2.05) is 19.1 Å². The number of benzene rings is 2. The number of allylic oxidation sites excluding steroid dienone is 2. The van der Waals surface area contributed by atoms with Gasteiger partial charge in [0.05, 0.1) is 10.6 Å². The van der Waals surface area contributed by atoms with Crippen molar-refractivity contribution in [1.82, 2.24) is 0 Å². The van der Waals surface area contributed by atoms with Crippen molar-refractivity contribution in [2.75, 3.05) is 10.5 Å². The summed E-state index contributed by atoms with van der Waals surface area (Å²) in [6, 6.07) is 10.1. The quantitative estimate of drug-likeness (QED) is 0.854. The van der Waals surface area contributed by atoms with Gasteiger partial charge in [-0.15, -0.1) is 0 Å². The van der Waals surface area contributed by atoms with Gasteiger partial charge in [0, 0.05) is 5.69 Å². The number of rotatable bonds is 3. The molecule has 114 valence electrons. The summed E-state index contributed by atoms with van der Waals surface area (Å²) in [6.45, 7) is 4.09. The van der Waals surface area contributed by atoms with Crippen molar-refractivity contribution in [2.45, 2.75) is 25.2 Å². The fourth-order valence-corrected chi connectivity index (χ4v) is 4.01. The number of fused-ring (bicyclic) bond motifs is 1. The molecule has 0 spiro atoms. The normalized spacial score (nSPS) is 13.6. The van der Waals surface area contributed by atoms with E-state index in [9.17, 15) is 8.42 Å². The molecule has 0 fully saturated rings. The first-order valence-corrected chi connectivity index (χ1v) is 8.55. The van der Waals surface area contributed by atoms with E-state index in [1.165, 1.54) is 17.7 Å². The Morgan fingerprint density at radius 1 is 1.14 bits per heavy atom. The SMILES string of the molecule is CC1=CCc2c(NS(=O)(=O)c3cccc(N)c3)ccc(C)c21. The summed E-state index contributed by atoms with van der Waals surface area (Å²) >= 11 is 0. The fraction of sp³-hybridized carbons (Fsp3) is 0.176. The predicted molar refractivity (Wildman–Crippen MR) is 90.2 cm³/mol. The maximum Gasteiger partial charge on any atom is 0.261 e. The Labute approximate surface area is 130 Å². The molecule has 4 nitrogen and oxygen atoms in total. The van der Waals surface area contributed by atoms with Crippen molar-refractivity contribution in [3.8, 4) is 0 Å². The lowest BCUT2D eigenvalue weighted by molar-refractivity contribution is 0.601. The molecule has 0 heterocycles. The zero-order valence-corrected chi connectivity index (χ0v) is 13.4. The average molecular weight is 314 g/mol.